The number of hydrogen-bond acceptors (Lipinski definition) is 3. The molecule has 0 atom stereocenters. The summed E-state index contributed by atoms with van der Waals surface area (Å²) in [6, 6.07) is 13.2. The average Bonchev–Trinajstić information content (AvgIpc) is 2.37. The van der Waals surface area contributed by atoms with Gasteiger partial charge in [0.2, 0.25) is 0 Å². The van der Waals surface area contributed by atoms with E-state index >= 15 is 0 Å². The van der Waals surface area contributed by atoms with Crippen LogP contribution in [-0.4, -0.2) is 7.11 Å². The van der Waals surface area contributed by atoms with Gasteiger partial charge in [-0.2, -0.15) is 0 Å². The Kier molecular flexibility index (Phi) is 4.10. The van der Waals surface area contributed by atoms with Crippen LogP contribution in [0.5, 0.6) is 11.5 Å². The second kappa shape index (κ2) is 5.78. The molecule has 0 aliphatic rings. The van der Waals surface area contributed by atoms with Gasteiger partial charge in [0, 0.05) is 5.69 Å². The number of methoxy groups -OCH3 is 1. The minimum Gasteiger partial charge on any atom is -0.497 e. The molecule has 3 nitrogen and oxygen atoms in total. The number of ether oxygens (including phenoxy) is 2. The molecule has 0 bridgehead atoms. The first kappa shape index (κ1) is 12.8. The second-order valence-corrected chi connectivity index (χ2v) is 4.68. The van der Waals surface area contributed by atoms with Crippen LogP contribution in [0.4, 0.5) is 5.69 Å². The Morgan fingerprint density at radius 2 is 2.00 bits per heavy atom. The second-order valence-electron chi connectivity index (χ2n) is 3.83. The van der Waals surface area contributed by atoms with Crippen LogP contribution in [0.3, 0.4) is 0 Å². The fourth-order valence-electron chi connectivity index (χ4n) is 1.57. The van der Waals surface area contributed by atoms with Crippen molar-refractivity contribution in [1.82, 2.24) is 0 Å². The van der Waals surface area contributed by atoms with Crippen molar-refractivity contribution in [1.29, 1.82) is 0 Å². The third-order valence-electron chi connectivity index (χ3n) is 2.48. The van der Waals surface area contributed by atoms with E-state index in [-0.39, 0.29) is 0 Å². The Labute approximate surface area is 115 Å². The summed E-state index contributed by atoms with van der Waals surface area (Å²) < 4.78 is 11.7. The van der Waals surface area contributed by atoms with E-state index in [0.29, 0.717) is 6.61 Å². The van der Waals surface area contributed by atoms with Gasteiger partial charge in [0.15, 0.2) is 0 Å². The zero-order valence-electron chi connectivity index (χ0n) is 10.0. The topological polar surface area (TPSA) is 44.5 Å². The Morgan fingerprint density at radius 3 is 2.67 bits per heavy atom. The third-order valence-corrected chi connectivity index (χ3v) is 3.10. The Bertz CT molecular complexity index is 543. The normalized spacial score (nSPS) is 10.1. The molecule has 0 saturated heterocycles. The highest BCUT2D eigenvalue weighted by Gasteiger charge is 2.03. The van der Waals surface area contributed by atoms with E-state index in [1.807, 2.05) is 42.5 Å². The van der Waals surface area contributed by atoms with Crippen molar-refractivity contribution in [3.8, 4) is 11.5 Å². The molecule has 2 N–H and O–H groups in total. The molecule has 4 heteroatoms. The molecule has 0 spiro atoms. The number of benzene rings is 2. The Hall–Kier alpha value is -1.68. The summed E-state index contributed by atoms with van der Waals surface area (Å²) in [5.74, 6) is 1.57. The molecule has 0 radical (unpaired) electrons. The van der Waals surface area contributed by atoms with Crippen LogP contribution in [-0.2, 0) is 6.61 Å². The lowest BCUT2D eigenvalue weighted by molar-refractivity contribution is 0.303. The molecule has 2 rings (SSSR count). The Balaban J connectivity index is 2.06. The molecule has 0 aliphatic carbocycles. The van der Waals surface area contributed by atoms with E-state index in [1.54, 1.807) is 7.11 Å². The summed E-state index contributed by atoms with van der Waals surface area (Å²) in [6.45, 7) is 0.482. The fraction of sp³-hybridized carbons (Fsp3) is 0.143. The van der Waals surface area contributed by atoms with Gasteiger partial charge in [0.25, 0.3) is 0 Å². The predicted molar refractivity (Wildman–Crippen MR) is 75.9 cm³/mol. The minimum absolute atomic E-state index is 0.482. The minimum atomic E-state index is 0.482. The molecule has 0 heterocycles. The van der Waals surface area contributed by atoms with Crippen LogP contribution >= 0.6 is 15.9 Å². The lowest BCUT2D eigenvalue weighted by Crippen LogP contribution is -1.97. The molecular weight excluding hydrogens is 294 g/mol. The molecule has 0 saturated carbocycles. The summed E-state index contributed by atoms with van der Waals surface area (Å²) >= 11 is 3.45. The Morgan fingerprint density at radius 1 is 1.17 bits per heavy atom. The zero-order chi connectivity index (χ0) is 13.0. The molecule has 0 amide bonds. The first-order valence-corrected chi connectivity index (χ1v) is 6.29. The molecule has 0 unspecified atom stereocenters. The van der Waals surface area contributed by atoms with Crippen molar-refractivity contribution >= 4 is 21.6 Å². The number of hydrogen-bond donors (Lipinski definition) is 1. The van der Waals surface area contributed by atoms with Crippen LogP contribution in [0.2, 0.25) is 0 Å². The highest BCUT2D eigenvalue weighted by molar-refractivity contribution is 9.10. The SMILES string of the molecule is COc1ccc(OCc2cccc(N)c2)c(Br)c1. The van der Waals surface area contributed by atoms with Gasteiger partial charge in [0.1, 0.15) is 18.1 Å². The monoisotopic (exact) mass is 307 g/mol. The van der Waals surface area contributed by atoms with Gasteiger partial charge in [-0.1, -0.05) is 12.1 Å². The van der Waals surface area contributed by atoms with Gasteiger partial charge in [-0.05, 0) is 51.8 Å². The predicted octanol–water partition coefficient (Wildman–Crippen LogP) is 3.62. The van der Waals surface area contributed by atoms with E-state index in [4.69, 9.17) is 15.2 Å². The van der Waals surface area contributed by atoms with Gasteiger partial charge in [-0.3, -0.25) is 0 Å². The lowest BCUT2D eigenvalue weighted by Gasteiger charge is -2.09. The third kappa shape index (κ3) is 3.17. The largest absolute Gasteiger partial charge is 0.497 e. The number of nitrogens with two attached hydrogens (primary N) is 1. The molecular formula is C14H14BrNO2. The molecule has 2 aromatic rings. The first-order chi connectivity index (χ1) is 8.69. The smallest absolute Gasteiger partial charge is 0.134 e. The van der Waals surface area contributed by atoms with Gasteiger partial charge >= 0.3 is 0 Å². The molecule has 0 fully saturated rings. The maximum absolute atomic E-state index is 5.72. The van der Waals surface area contributed by atoms with Crippen LogP contribution in [0.15, 0.2) is 46.9 Å². The van der Waals surface area contributed by atoms with E-state index in [0.717, 1.165) is 27.2 Å². The maximum atomic E-state index is 5.72. The van der Waals surface area contributed by atoms with Gasteiger partial charge in [0.05, 0.1) is 11.6 Å². The molecule has 0 aliphatic heterocycles. The van der Waals surface area contributed by atoms with Crippen molar-refractivity contribution in [2.75, 3.05) is 12.8 Å². The molecule has 18 heavy (non-hydrogen) atoms. The van der Waals surface area contributed by atoms with Gasteiger partial charge in [-0.15, -0.1) is 0 Å². The van der Waals surface area contributed by atoms with Crippen molar-refractivity contribution in [3.63, 3.8) is 0 Å². The maximum Gasteiger partial charge on any atom is 0.134 e. The zero-order valence-corrected chi connectivity index (χ0v) is 11.6. The van der Waals surface area contributed by atoms with Crippen LogP contribution < -0.4 is 15.2 Å². The standard InChI is InChI=1S/C14H14BrNO2/c1-17-12-5-6-14(13(15)8-12)18-9-10-3-2-4-11(16)7-10/h2-8H,9,16H2,1H3. The summed E-state index contributed by atoms with van der Waals surface area (Å²) in [6.07, 6.45) is 0. The van der Waals surface area contributed by atoms with Crippen molar-refractivity contribution in [3.05, 3.63) is 52.5 Å². The van der Waals surface area contributed by atoms with Gasteiger partial charge < -0.3 is 15.2 Å². The van der Waals surface area contributed by atoms with E-state index in [9.17, 15) is 0 Å². The molecule has 94 valence electrons. The summed E-state index contributed by atoms with van der Waals surface area (Å²) in [7, 11) is 1.63. The molecule has 2 aromatic carbocycles. The highest BCUT2D eigenvalue weighted by atomic mass is 79.9. The number of halogens is 1. The summed E-state index contributed by atoms with van der Waals surface area (Å²) in [4.78, 5) is 0. The number of nitrogen functional groups attached to an aromatic ring is 1. The van der Waals surface area contributed by atoms with Crippen LogP contribution in [0, 0.1) is 0 Å². The van der Waals surface area contributed by atoms with E-state index in [1.165, 1.54) is 0 Å². The number of rotatable bonds is 4. The van der Waals surface area contributed by atoms with Gasteiger partial charge in [-0.25, -0.2) is 0 Å². The average molecular weight is 308 g/mol. The first-order valence-electron chi connectivity index (χ1n) is 5.50. The molecule has 0 aromatic heterocycles. The highest BCUT2D eigenvalue weighted by Crippen LogP contribution is 2.29. The van der Waals surface area contributed by atoms with Crippen LogP contribution in [0.25, 0.3) is 0 Å². The van der Waals surface area contributed by atoms with E-state index < -0.39 is 0 Å². The summed E-state index contributed by atoms with van der Waals surface area (Å²) in [5, 5.41) is 0. The van der Waals surface area contributed by atoms with Crippen molar-refractivity contribution < 1.29 is 9.47 Å². The number of anilines is 1. The van der Waals surface area contributed by atoms with E-state index in [2.05, 4.69) is 15.9 Å². The van der Waals surface area contributed by atoms with Crippen molar-refractivity contribution in [2.45, 2.75) is 6.61 Å². The lowest BCUT2D eigenvalue weighted by atomic mass is 10.2. The van der Waals surface area contributed by atoms with Crippen molar-refractivity contribution in [2.24, 2.45) is 0 Å². The fourth-order valence-corrected chi connectivity index (χ4v) is 2.04. The van der Waals surface area contributed by atoms with Crippen LogP contribution in [0.1, 0.15) is 5.56 Å². The quantitative estimate of drug-likeness (QED) is 0.877. The summed E-state index contributed by atoms with van der Waals surface area (Å²) in [5.41, 5.74) is 7.49.